The highest BCUT2D eigenvalue weighted by molar-refractivity contribution is 6.02. The molecule has 1 N–H and O–H groups in total. The van der Waals surface area contributed by atoms with Gasteiger partial charge in [-0.2, -0.15) is 0 Å². The summed E-state index contributed by atoms with van der Waals surface area (Å²) in [5.41, 5.74) is 1.24. The van der Waals surface area contributed by atoms with Gasteiger partial charge in [0.15, 0.2) is 17.6 Å². The minimum absolute atomic E-state index is 0.00758. The molecule has 0 spiro atoms. The Kier molecular flexibility index (Phi) is 6.67. The van der Waals surface area contributed by atoms with Crippen LogP contribution in [0.5, 0.6) is 0 Å². The lowest BCUT2D eigenvalue weighted by atomic mass is 10.0. The normalized spacial score (nSPS) is 11.8. The third kappa shape index (κ3) is 4.59. The van der Waals surface area contributed by atoms with E-state index in [1.54, 1.807) is 19.1 Å². The van der Waals surface area contributed by atoms with Crippen molar-refractivity contribution < 1.29 is 18.7 Å². The van der Waals surface area contributed by atoms with E-state index >= 15 is 0 Å². The Balaban J connectivity index is 1.91. The van der Waals surface area contributed by atoms with Gasteiger partial charge in [0.1, 0.15) is 11.3 Å². The fraction of sp³-hybridized carbons (Fsp3) is 0.292. The van der Waals surface area contributed by atoms with Gasteiger partial charge in [0.2, 0.25) is 0 Å². The van der Waals surface area contributed by atoms with Gasteiger partial charge in [-0.3, -0.25) is 9.59 Å². The van der Waals surface area contributed by atoms with E-state index < -0.39 is 12.6 Å². The molecule has 3 aromatic rings. The van der Waals surface area contributed by atoms with E-state index in [0.29, 0.717) is 16.7 Å². The summed E-state index contributed by atoms with van der Waals surface area (Å²) < 4.78 is 11.2. The fourth-order valence-corrected chi connectivity index (χ4v) is 3.37. The van der Waals surface area contributed by atoms with Crippen molar-refractivity contribution in [1.82, 2.24) is 5.32 Å². The number of fused-ring (bicyclic) bond motifs is 1. The molecule has 3 rings (SSSR count). The zero-order valence-corrected chi connectivity index (χ0v) is 17.4. The molecule has 2 aromatic carbocycles. The number of esters is 1. The molecule has 30 heavy (non-hydrogen) atoms. The van der Waals surface area contributed by atoms with E-state index in [9.17, 15) is 14.4 Å². The molecule has 156 valence electrons. The summed E-state index contributed by atoms with van der Waals surface area (Å²) >= 11 is 0. The van der Waals surface area contributed by atoms with E-state index in [-0.39, 0.29) is 28.5 Å². The van der Waals surface area contributed by atoms with Gasteiger partial charge in [0.25, 0.3) is 5.91 Å². The Morgan fingerprint density at radius 3 is 2.53 bits per heavy atom. The van der Waals surface area contributed by atoms with E-state index in [4.69, 9.17) is 9.15 Å². The quantitative estimate of drug-likeness (QED) is 0.593. The molecule has 6 heteroatoms. The highest BCUT2D eigenvalue weighted by Crippen LogP contribution is 2.27. The van der Waals surface area contributed by atoms with Crippen molar-refractivity contribution in [1.29, 1.82) is 0 Å². The van der Waals surface area contributed by atoms with Crippen molar-refractivity contribution in [2.45, 2.75) is 39.7 Å². The Morgan fingerprint density at radius 1 is 1.10 bits per heavy atom. The van der Waals surface area contributed by atoms with Crippen LogP contribution >= 0.6 is 0 Å². The zero-order valence-electron chi connectivity index (χ0n) is 17.4. The average molecular weight is 407 g/mol. The molecule has 1 amide bonds. The van der Waals surface area contributed by atoms with Gasteiger partial charge in [-0.25, -0.2) is 4.79 Å². The minimum Gasteiger partial charge on any atom is -0.455 e. The summed E-state index contributed by atoms with van der Waals surface area (Å²) in [5, 5.41) is 3.08. The maximum Gasteiger partial charge on any atom is 0.342 e. The summed E-state index contributed by atoms with van der Waals surface area (Å²) in [7, 11) is 0. The molecule has 0 unspecified atom stereocenters. The van der Waals surface area contributed by atoms with Crippen LogP contribution in [0.1, 0.15) is 42.6 Å². The Bertz CT molecular complexity index is 1120. The molecular weight excluding hydrogens is 382 g/mol. The molecule has 0 radical (unpaired) electrons. The third-order valence-corrected chi connectivity index (χ3v) is 4.86. The summed E-state index contributed by atoms with van der Waals surface area (Å²) in [6.45, 7) is 5.23. The second kappa shape index (κ2) is 9.39. The number of ether oxygens (including phenoxy) is 1. The number of hydrogen-bond acceptors (Lipinski definition) is 5. The number of hydrogen-bond donors (Lipinski definition) is 1. The molecule has 1 atom stereocenters. The molecule has 0 saturated heterocycles. The lowest BCUT2D eigenvalue weighted by Gasteiger charge is -2.13. The number of para-hydroxylation sites is 1. The molecule has 0 saturated carbocycles. The molecule has 0 fully saturated rings. The molecule has 6 nitrogen and oxygen atoms in total. The van der Waals surface area contributed by atoms with Crippen LogP contribution in [0.15, 0.2) is 57.7 Å². The Labute approximate surface area is 174 Å². The first-order valence-corrected chi connectivity index (χ1v) is 10.0. The lowest BCUT2D eigenvalue weighted by Crippen LogP contribution is -2.35. The molecule has 1 heterocycles. The molecule has 0 bridgehead atoms. The number of nitrogens with one attached hydrogen (secondary N) is 1. The number of carbonyl (C=O) groups is 2. The first-order chi connectivity index (χ1) is 14.4. The topological polar surface area (TPSA) is 85.6 Å². The number of amides is 1. The minimum atomic E-state index is -0.718. The molecule has 0 aliphatic heterocycles. The van der Waals surface area contributed by atoms with Gasteiger partial charge < -0.3 is 14.5 Å². The lowest BCUT2D eigenvalue weighted by molar-refractivity contribution is -0.124. The van der Waals surface area contributed by atoms with Crippen LogP contribution in [0.2, 0.25) is 0 Å². The van der Waals surface area contributed by atoms with Crippen molar-refractivity contribution in [2.75, 3.05) is 6.61 Å². The number of rotatable bonds is 7. The Morgan fingerprint density at radius 2 is 1.83 bits per heavy atom. The van der Waals surface area contributed by atoms with Crippen molar-refractivity contribution in [2.24, 2.45) is 0 Å². The number of carbonyl (C=O) groups excluding carboxylic acids is 2. The third-order valence-electron chi connectivity index (χ3n) is 4.86. The monoisotopic (exact) mass is 407 g/mol. The largest absolute Gasteiger partial charge is 0.455 e. The maximum absolute atomic E-state index is 12.9. The molecule has 0 aliphatic carbocycles. The van der Waals surface area contributed by atoms with Crippen LogP contribution in [0, 0.1) is 6.92 Å². The van der Waals surface area contributed by atoms with Crippen LogP contribution < -0.4 is 10.7 Å². The predicted octanol–water partition coefficient (Wildman–Crippen LogP) is 4.23. The summed E-state index contributed by atoms with van der Waals surface area (Å²) in [6.07, 6.45) is 1.79. The van der Waals surface area contributed by atoms with E-state index in [1.165, 1.54) is 6.07 Å². The smallest absolute Gasteiger partial charge is 0.342 e. The second-order valence-electron chi connectivity index (χ2n) is 7.27. The maximum atomic E-state index is 12.9. The zero-order chi connectivity index (χ0) is 21.7. The molecule has 1 aromatic heterocycles. The second-order valence-corrected chi connectivity index (χ2v) is 7.27. The molecular formula is C24H25NO5. The van der Waals surface area contributed by atoms with E-state index in [1.807, 2.05) is 44.2 Å². The van der Waals surface area contributed by atoms with Gasteiger partial charge in [0, 0.05) is 17.2 Å². The highest BCUT2D eigenvalue weighted by atomic mass is 16.5. The first-order valence-electron chi connectivity index (χ1n) is 10.0. The first kappa shape index (κ1) is 21.3. The van der Waals surface area contributed by atoms with Crippen LogP contribution in [0.4, 0.5) is 0 Å². The van der Waals surface area contributed by atoms with Crippen LogP contribution in [-0.4, -0.2) is 24.5 Å². The van der Waals surface area contributed by atoms with Crippen LogP contribution in [0.25, 0.3) is 22.3 Å². The van der Waals surface area contributed by atoms with Crippen LogP contribution in [-0.2, 0) is 9.53 Å². The summed E-state index contributed by atoms with van der Waals surface area (Å²) in [4.78, 5) is 37.5. The Hall–Kier alpha value is -3.41. The van der Waals surface area contributed by atoms with E-state index in [2.05, 4.69) is 5.32 Å². The van der Waals surface area contributed by atoms with Gasteiger partial charge in [-0.05, 0) is 32.4 Å². The van der Waals surface area contributed by atoms with Crippen molar-refractivity contribution in [3.8, 4) is 11.3 Å². The average Bonchev–Trinajstić information content (AvgIpc) is 2.75. The van der Waals surface area contributed by atoms with Crippen molar-refractivity contribution in [3.05, 3.63) is 69.9 Å². The predicted molar refractivity (Wildman–Crippen MR) is 115 cm³/mol. The summed E-state index contributed by atoms with van der Waals surface area (Å²) in [6, 6.07) is 14.0. The van der Waals surface area contributed by atoms with Gasteiger partial charge in [0.05, 0.1) is 5.39 Å². The van der Waals surface area contributed by atoms with E-state index in [0.717, 1.165) is 18.4 Å². The van der Waals surface area contributed by atoms with Gasteiger partial charge >= 0.3 is 5.97 Å². The van der Waals surface area contributed by atoms with Gasteiger partial charge in [-0.1, -0.05) is 49.7 Å². The SMILES string of the molecule is CCC[C@H](C)NC(=O)COC(=O)c1cccc2c(=O)c(C)c(-c3ccccc3)oc12. The standard InChI is InChI=1S/C24H25NO5/c1-4-9-15(2)25-20(26)14-29-24(28)19-13-8-12-18-21(27)16(3)22(30-23(18)19)17-10-6-5-7-11-17/h5-8,10-13,15H,4,9,14H2,1-3H3,(H,25,26)/t15-/m0/s1. The van der Waals surface area contributed by atoms with Crippen molar-refractivity contribution in [3.63, 3.8) is 0 Å². The van der Waals surface area contributed by atoms with Gasteiger partial charge in [-0.15, -0.1) is 0 Å². The molecule has 0 aliphatic rings. The number of benzene rings is 2. The fourth-order valence-electron chi connectivity index (χ4n) is 3.37. The highest BCUT2D eigenvalue weighted by Gasteiger charge is 2.20. The summed E-state index contributed by atoms with van der Waals surface area (Å²) in [5.74, 6) is -0.684. The van der Waals surface area contributed by atoms with Crippen molar-refractivity contribution >= 4 is 22.8 Å². The van der Waals surface area contributed by atoms with Crippen LogP contribution in [0.3, 0.4) is 0 Å².